The lowest BCUT2D eigenvalue weighted by molar-refractivity contribution is -0.140. The molecule has 0 fully saturated rings. The van der Waals surface area contributed by atoms with E-state index < -0.39 is 17.8 Å². The van der Waals surface area contributed by atoms with Gasteiger partial charge in [0.05, 0.1) is 0 Å². The second-order valence-corrected chi connectivity index (χ2v) is 7.00. The predicted octanol–water partition coefficient (Wildman–Crippen LogP) is 5.45. The maximum absolute atomic E-state index is 12.8. The quantitative estimate of drug-likeness (QED) is 0.517. The summed E-state index contributed by atoms with van der Waals surface area (Å²) in [5.74, 6) is -0.610. The summed E-state index contributed by atoms with van der Waals surface area (Å²) in [6, 6.07) is 16.6. The number of rotatable bonds is 7. The number of benzene rings is 2. The third-order valence-electron chi connectivity index (χ3n) is 3.93. The van der Waals surface area contributed by atoms with Gasteiger partial charge in [-0.2, -0.15) is 13.2 Å². The van der Waals surface area contributed by atoms with Crippen LogP contribution < -0.4 is 4.74 Å². The number of aliphatic carboxylic acids is 1. The molecule has 3 rings (SSSR count). The summed E-state index contributed by atoms with van der Waals surface area (Å²) in [4.78, 5) is 14.7. The van der Waals surface area contributed by atoms with Gasteiger partial charge in [-0.15, -0.1) is 11.3 Å². The molecule has 1 heterocycles. The van der Waals surface area contributed by atoms with Crippen molar-refractivity contribution in [3.63, 3.8) is 0 Å². The maximum Gasteiger partial charge on any atom is 0.434 e. The lowest BCUT2D eigenvalue weighted by Crippen LogP contribution is -2.05. The van der Waals surface area contributed by atoms with Gasteiger partial charge < -0.3 is 9.84 Å². The molecule has 0 saturated heterocycles. The van der Waals surface area contributed by atoms with Crippen molar-refractivity contribution in [3.8, 4) is 5.75 Å². The Balaban J connectivity index is 1.71. The van der Waals surface area contributed by atoms with E-state index in [9.17, 15) is 18.0 Å². The zero-order valence-electron chi connectivity index (χ0n) is 15.0. The smallest absolute Gasteiger partial charge is 0.434 e. The zero-order valence-corrected chi connectivity index (χ0v) is 15.8. The van der Waals surface area contributed by atoms with E-state index in [1.54, 1.807) is 24.3 Å². The fourth-order valence-corrected chi connectivity index (χ4v) is 3.40. The van der Waals surface area contributed by atoms with Gasteiger partial charge in [0.25, 0.3) is 0 Å². The van der Waals surface area contributed by atoms with Crippen molar-refractivity contribution in [1.82, 2.24) is 4.98 Å². The highest BCUT2D eigenvalue weighted by atomic mass is 32.1. The number of ether oxygens (including phenoxy) is 1. The number of halogens is 3. The highest BCUT2D eigenvalue weighted by molar-refractivity contribution is 7.10. The third-order valence-corrected chi connectivity index (χ3v) is 4.85. The van der Waals surface area contributed by atoms with Gasteiger partial charge in [-0.05, 0) is 28.8 Å². The zero-order chi connectivity index (χ0) is 20.9. The molecule has 0 atom stereocenters. The Hall–Kier alpha value is -3.13. The number of carboxylic acids is 1. The molecular formula is C21H16F3NO3S. The monoisotopic (exact) mass is 419 g/mol. The van der Waals surface area contributed by atoms with Crippen LogP contribution in [0.4, 0.5) is 13.2 Å². The van der Waals surface area contributed by atoms with Gasteiger partial charge in [0.15, 0.2) is 5.69 Å². The minimum absolute atomic E-state index is 0.0316. The fraction of sp³-hybridized carbons (Fsp3) is 0.143. The number of thiazole rings is 1. The lowest BCUT2D eigenvalue weighted by atomic mass is 10.0. The first kappa shape index (κ1) is 20.6. The van der Waals surface area contributed by atoms with Crippen molar-refractivity contribution in [3.05, 3.63) is 87.9 Å². The average molecular weight is 419 g/mol. The molecule has 29 heavy (non-hydrogen) atoms. The van der Waals surface area contributed by atoms with Crippen LogP contribution in [0.3, 0.4) is 0 Å². The highest BCUT2D eigenvalue weighted by Crippen LogP contribution is 2.33. The van der Waals surface area contributed by atoms with Gasteiger partial charge in [-0.1, -0.05) is 42.5 Å². The Kier molecular flexibility index (Phi) is 6.33. The van der Waals surface area contributed by atoms with Crippen LogP contribution >= 0.6 is 11.3 Å². The Morgan fingerprint density at radius 2 is 1.76 bits per heavy atom. The number of alkyl halides is 3. The molecule has 8 heteroatoms. The van der Waals surface area contributed by atoms with Gasteiger partial charge in [0.1, 0.15) is 17.4 Å². The molecule has 150 valence electrons. The molecule has 0 amide bonds. The largest absolute Gasteiger partial charge is 0.489 e. The van der Waals surface area contributed by atoms with Crippen LogP contribution in [0.1, 0.15) is 21.8 Å². The van der Waals surface area contributed by atoms with Crippen molar-refractivity contribution >= 4 is 22.9 Å². The number of allylic oxidation sites excluding steroid dienone is 1. The van der Waals surface area contributed by atoms with E-state index in [-0.39, 0.29) is 17.0 Å². The van der Waals surface area contributed by atoms with Crippen molar-refractivity contribution in [2.45, 2.75) is 19.2 Å². The van der Waals surface area contributed by atoms with Crippen molar-refractivity contribution in [1.29, 1.82) is 0 Å². The second kappa shape index (κ2) is 8.91. The van der Waals surface area contributed by atoms with Gasteiger partial charge in [0, 0.05) is 17.9 Å². The summed E-state index contributed by atoms with van der Waals surface area (Å²) < 4.78 is 44.1. The Morgan fingerprint density at radius 1 is 1.07 bits per heavy atom. The molecule has 0 radical (unpaired) electrons. The predicted molar refractivity (Wildman–Crippen MR) is 104 cm³/mol. The van der Waals surface area contributed by atoms with Crippen molar-refractivity contribution in [2.24, 2.45) is 0 Å². The Morgan fingerprint density at radius 3 is 2.34 bits per heavy atom. The van der Waals surface area contributed by atoms with Crippen LogP contribution in [-0.4, -0.2) is 16.1 Å². The molecule has 0 unspecified atom stereocenters. The molecule has 0 aliphatic rings. The summed E-state index contributed by atoms with van der Waals surface area (Å²) in [7, 11) is 0. The molecule has 1 N–H and O–H groups in total. The van der Waals surface area contributed by atoms with Crippen molar-refractivity contribution < 1.29 is 27.8 Å². The van der Waals surface area contributed by atoms with E-state index in [0.29, 0.717) is 12.4 Å². The molecule has 0 bridgehead atoms. The summed E-state index contributed by atoms with van der Waals surface area (Å²) in [5, 5.41) is 9.98. The van der Waals surface area contributed by atoms with Crippen LogP contribution in [0.25, 0.3) is 5.57 Å². The van der Waals surface area contributed by atoms with Crippen LogP contribution in [0.2, 0.25) is 0 Å². The number of hydrogen-bond acceptors (Lipinski definition) is 4. The summed E-state index contributed by atoms with van der Waals surface area (Å²) in [6.07, 6.45) is -3.55. The average Bonchev–Trinajstić information content (AvgIpc) is 3.18. The molecule has 1 aromatic heterocycles. The lowest BCUT2D eigenvalue weighted by Gasteiger charge is -2.08. The number of nitrogens with zero attached hydrogens (tertiary/aromatic N) is 1. The number of carboxylic acid groups (broad SMARTS) is 1. The fourth-order valence-electron chi connectivity index (χ4n) is 2.55. The summed E-state index contributed by atoms with van der Waals surface area (Å²) in [6.45, 7) is 0.406. The third kappa shape index (κ3) is 5.92. The molecule has 0 aliphatic heterocycles. The van der Waals surface area contributed by atoms with E-state index in [4.69, 9.17) is 9.84 Å². The van der Waals surface area contributed by atoms with E-state index >= 15 is 0 Å². The molecule has 4 nitrogen and oxygen atoms in total. The number of carbonyl (C=O) groups is 1. The number of aromatic nitrogens is 1. The van der Waals surface area contributed by atoms with Gasteiger partial charge in [-0.3, -0.25) is 0 Å². The van der Waals surface area contributed by atoms with Crippen molar-refractivity contribution in [2.75, 3.05) is 0 Å². The minimum atomic E-state index is -4.57. The normalized spacial score (nSPS) is 12.0. The Bertz CT molecular complexity index is 996. The van der Waals surface area contributed by atoms with E-state index in [1.165, 1.54) is 0 Å². The van der Waals surface area contributed by atoms with E-state index in [2.05, 4.69) is 4.98 Å². The SMILES string of the molecule is O=C(O)/C=C(/Cc1ccc(OCc2ccccc2)cc1)c1nc(C(F)(F)F)cs1. The first-order chi connectivity index (χ1) is 13.8. The summed E-state index contributed by atoms with van der Waals surface area (Å²) in [5.41, 5.74) is 0.926. The standard InChI is InChI=1S/C21H16F3NO3S/c22-21(23,24)18-13-29-20(25-18)16(11-19(26)27)10-14-6-8-17(9-7-14)28-12-15-4-2-1-3-5-15/h1-9,11,13H,10,12H2,(H,26,27)/b16-11-. The molecule has 3 aromatic rings. The van der Waals surface area contributed by atoms with E-state index in [1.807, 2.05) is 30.3 Å². The van der Waals surface area contributed by atoms with Gasteiger partial charge in [-0.25, -0.2) is 9.78 Å². The van der Waals surface area contributed by atoms with Crippen LogP contribution in [-0.2, 0) is 24.0 Å². The molecule has 0 spiro atoms. The highest BCUT2D eigenvalue weighted by Gasteiger charge is 2.34. The molecular weight excluding hydrogens is 403 g/mol. The number of hydrogen-bond donors (Lipinski definition) is 1. The van der Waals surface area contributed by atoms with Gasteiger partial charge >= 0.3 is 12.1 Å². The Labute approximate surface area is 168 Å². The first-order valence-electron chi connectivity index (χ1n) is 8.53. The minimum Gasteiger partial charge on any atom is -0.489 e. The molecule has 2 aromatic carbocycles. The molecule has 0 aliphatic carbocycles. The summed E-state index contributed by atoms with van der Waals surface area (Å²) >= 11 is 0.767. The van der Waals surface area contributed by atoms with Crippen LogP contribution in [0.15, 0.2) is 66.1 Å². The first-order valence-corrected chi connectivity index (χ1v) is 9.41. The topological polar surface area (TPSA) is 59.4 Å². The van der Waals surface area contributed by atoms with Gasteiger partial charge in [0.2, 0.25) is 0 Å². The van der Waals surface area contributed by atoms with Crippen LogP contribution in [0, 0.1) is 0 Å². The second-order valence-electron chi connectivity index (χ2n) is 6.14. The van der Waals surface area contributed by atoms with E-state index in [0.717, 1.165) is 33.9 Å². The van der Waals surface area contributed by atoms with Crippen LogP contribution in [0.5, 0.6) is 5.75 Å². The maximum atomic E-state index is 12.8. The molecule has 0 saturated carbocycles.